The first-order valence-corrected chi connectivity index (χ1v) is 8.31. The molecule has 5 heteroatoms. The Morgan fingerprint density at radius 1 is 1.16 bits per heavy atom. The number of hydrogen-bond donors (Lipinski definition) is 1. The maximum atomic E-state index is 12.9. The summed E-state index contributed by atoms with van der Waals surface area (Å²) in [5.41, 5.74) is 3.85. The molecular formula is C20H19N3O2. The van der Waals surface area contributed by atoms with Gasteiger partial charge in [-0.15, -0.1) is 0 Å². The number of imidazole rings is 1. The average molecular weight is 333 g/mol. The summed E-state index contributed by atoms with van der Waals surface area (Å²) in [6.07, 6.45) is 5.40. The number of nitrogens with one attached hydrogen (secondary N) is 1. The molecule has 5 nitrogen and oxygen atoms in total. The van der Waals surface area contributed by atoms with Crippen LogP contribution < -0.4 is 5.32 Å². The summed E-state index contributed by atoms with van der Waals surface area (Å²) >= 11 is 0. The summed E-state index contributed by atoms with van der Waals surface area (Å²) in [6.45, 7) is 1.70. The van der Waals surface area contributed by atoms with E-state index in [1.54, 1.807) is 12.5 Å². The van der Waals surface area contributed by atoms with Crippen molar-refractivity contribution in [1.82, 2.24) is 14.9 Å². The zero-order chi connectivity index (χ0) is 17.1. The maximum Gasteiger partial charge on any atom is 0.252 e. The summed E-state index contributed by atoms with van der Waals surface area (Å²) in [5.74, 6) is -0.0729. The molecule has 1 aromatic heterocycles. The number of hydrogen-bond acceptors (Lipinski definition) is 3. The molecule has 3 aromatic rings. The van der Waals surface area contributed by atoms with Crippen molar-refractivity contribution in [3.8, 4) is 0 Å². The van der Waals surface area contributed by atoms with Crippen molar-refractivity contribution < 1.29 is 9.53 Å². The SMILES string of the molecule is O=C(NC(Cn1ccnc1)c1ccccc1)c1cccc2c1COC2. The predicted molar refractivity (Wildman–Crippen MR) is 93.8 cm³/mol. The Balaban J connectivity index is 1.60. The lowest BCUT2D eigenvalue weighted by atomic mass is 10.0. The van der Waals surface area contributed by atoms with Gasteiger partial charge in [-0.3, -0.25) is 4.79 Å². The van der Waals surface area contributed by atoms with E-state index in [4.69, 9.17) is 4.74 Å². The van der Waals surface area contributed by atoms with Crippen molar-refractivity contribution in [2.75, 3.05) is 0 Å². The highest BCUT2D eigenvalue weighted by Gasteiger charge is 2.22. The first-order chi connectivity index (χ1) is 12.3. The van der Waals surface area contributed by atoms with Gasteiger partial charge in [0.15, 0.2) is 0 Å². The largest absolute Gasteiger partial charge is 0.372 e. The molecule has 1 N–H and O–H groups in total. The van der Waals surface area contributed by atoms with Crippen molar-refractivity contribution in [2.45, 2.75) is 25.8 Å². The summed E-state index contributed by atoms with van der Waals surface area (Å²) < 4.78 is 7.46. The Hall–Kier alpha value is -2.92. The maximum absolute atomic E-state index is 12.9. The van der Waals surface area contributed by atoms with Gasteiger partial charge in [0, 0.05) is 24.5 Å². The number of ether oxygens (including phenoxy) is 1. The molecule has 0 saturated carbocycles. The smallest absolute Gasteiger partial charge is 0.252 e. The van der Waals surface area contributed by atoms with E-state index in [0.717, 1.165) is 16.7 Å². The van der Waals surface area contributed by atoms with Crippen molar-refractivity contribution in [3.05, 3.63) is 89.5 Å². The van der Waals surface area contributed by atoms with Crippen LogP contribution in [0.2, 0.25) is 0 Å². The molecule has 0 bridgehead atoms. The molecule has 1 atom stereocenters. The first kappa shape index (κ1) is 15.6. The van der Waals surface area contributed by atoms with E-state index in [2.05, 4.69) is 10.3 Å². The van der Waals surface area contributed by atoms with Crippen LogP contribution in [-0.2, 0) is 24.5 Å². The van der Waals surface area contributed by atoms with Crippen LogP contribution in [0.5, 0.6) is 0 Å². The van der Waals surface area contributed by atoms with E-state index >= 15 is 0 Å². The van der Waals surface area contributed by atoms with Gasteiger partial charge in [0.2, 0.25) is 0 Å². The lowest BCUT2D eigenvalue weighted by Gasteiger charge is -2.20. The van der Waals surface area contributed by atoms with Crippen LogP contribution in [0, 0.1) is 0 Å². The zero-order valence-corrected chi connectivity index (χ0v) is 13.8. The van der Waals surface area contributed by atoms with Gasteiger partial charge in [-0.1, -0.05) is 42.5 Å². The fourth-order valence-corrected chi connectivity index (χ4v) is 3.18. The molecule has 0 aliphatic carbocycles. The van der Waals surface area contributed by atoms with E-state index < -0.39 is 0 Å². The molecule has 1 aliphatic heterocycles. The molecule has 0 radical (unpaired) electrons. The number of amides is 1. The Bertz CT molecular complexity index is 860. The van der Waals surface area contributed by atoms with E-state index in [1.165, 1.54) is 0 Å². The predicted octanol–water partition coefficient (Wildman–Crippen LogP) is 3.08. The normalized spacial score (nSPS) is 14.1. The van der Waals surface area contributed by atoms with Crippen LogP contribution in [0.3, 0.4) is 0 Å². The van der Waals surface area contributed by atoms with Gasteiger partial charge < -0.3 is 14.6 Å². The summed E-state index contributed by atoms with van der Waals surface area (Å²) in [6, 6.07) is 15.6. The van der Waals surface area contributed by atoms with Crippen LogP contribution in [0.15, 0.2) is 67.3 Å². The van der Waals surface area contributed by atoms with Crippen molar-refractivity contribution >= 4 is 5.91 Å². The highest BCUT2D eigenvalue weighted by Crippen LogP contribution is 2.24. The number of rotatable bonds is 5. The molecule has 126 valence electrons. The molecular weight excluding hydrogens is 314 g/mol. The number of carbonyl (C=O) groups excluding carboxylic acids is 1. The minimum Gasteiger partial charge on any atom is -0.372 e. The number of carbonyl (C=O) groups is 1. The second-order valence-electron chi connectivity index (χ2n) is 6.13. The minimum absolute atomic E-state index is 0.0729. The molecule has 2 heterocycles. The summed E-state index contributed by atoms with van der Waals surface area (Å²) in [5, 5.41) is 3.17. The fourth-order valence-electron chi connectivity index (χ4n) is 3.18. The van der Waals surface area contributed by atoms with Crippen molar-refractivity contribution in [1.29, 1.82) is 0 Å². The minimum atomic E-state index is -0.138. The molecule has 1 unspecified atom stereocenters. The molecule has 0 fully saturated rings. The third-order valence-corrected chi connectivity index (χ3v) is 4.48. The highest BCUT2D eigenvalue weighted by atomic mass is 16.5. The zero-order valence-electron chi connectivity index (χ0n) is 13.8. The van der Waals surface area contributed by atoms with Crippen LogP contribution in [0.4, 0.5) is 0 Å². The quantitative estimate of drug-likeness (QED) is 0.781. The molecule has 1 aliphatic rings. The lowest BCUT2D eigenvalue weighted by molar-refractivity contribution is 0.0927. The van der Waals surface area contributed by atoms with Gasteiger partial charge in [0.05, 0.1) is 25.6 Å². The lowest BCUT2D eigenvalue weighted by Crippen LogP contribution is -2.32. The standard InChI is InChI=1S/C20H19N3O2/c24-20(17-8-4-7-16-12-25-13-18(16)17)22-19(11-23-10-9-21-14-23)15-5-2-1-3-6-15/h1-10,14,19H,11-13H2,(H,22,24). The second kappa shape index (κ2) is 6.91. The van der Waals surface area contributed by atoms with Crippen LogP contribution in [0.25, 0.3) is 0 Å². The molecule has 25 heavy (non-hydrogen) atoms. The molecule has 1 amide bonds. The topological polar surface area (TPSA) is 56.2 Å². The van der Waals surface area contributed by atoms with Gasteiger partial charge in [0.25, 0.3) is 5.91 Å². The van der Waals surface area contributed by atoms with Crippen LogP contribution in [-0.4, -0.2) is 15.5 Å². The second-order valence-corrected chi connectivity index (χ2v) is 6.13. The Morgan fingerprint density at radius 2 is 2.04 bits per heavy atom. The van der Waals surface area contributed by atoms with Crippen LogP contribution >= 0.6 is 0 Å². The van der Waals surface area contributed by atoms with Gasteiger partial charge in [0.1, 0.15) is 0 Å². The fraction of sp³-hybridized carbons (Fsp3) is 0.200. The Morgan fingerprint density at radius 3 is 2.84 bits per heavy atom. The van der Waals surface area contributed by atoms with E-state index in [0.29, 0.717) is 25.3 Å². The molecule has 0 saturated heterocycles. The van der Waals surface area contributed by atoms with Crippen LogP contribution in [0.1, 0.15) is 33.1 Å². The number of aromatic nitrogens is 2. The average Bonchev–Trinajstić information content (AvgIpc) is 3.33. The Kier molecular flexibility index (Phi) is 4.31. The molecule has 4 rings (SSSR count). The molecule has 0 spiro atoms. The summed E-state index contributed by atoms with van der Waals surface area (Å²) in [4.78, 5) is 17.0. The Labute approximate surface area is 146 Å². The summed E-state index contributed by atoms with van der Waals surface area (Å²) in [7, 11) is 0. The van der Waals surface area contributed by atoms with E-state index in [1.807, 2.05) is 59.3 Å². The van der Waals surface area contributed by atoms with Crippen molar-refractivity contribution in [3.63, 3.8) is 0 Å². The third kappa shape index (κ3) is 3.32. The number of fused-ring (bicyclic) bond motifs is 1. The van der Waals surface area contributed by atoms with Gasteiger partial charge in [-0.25, -0.2) is 4.98 Å². The molecule has 2 aromatic carbocycles. The van der Waals surface area contributed by atoms with Crippen molar-refractivity contribution in [2.24, 2.45) is 0 Å². The number of benzene rings is 2. The van der Waals surface area contributed by atoms with E-state index in [-0.39, 0.29) is 11.9 Å². The van der Waals surface area contributed by atoms with Gasteiger partial charge >= 0.3 is 0 Å². The highest BCUT2D eigenvalue weighted by molar-refractivity contribution is 5.96. The van der Waals surface area contributed by atoms with Gasteiger partial charge in [-0.05, 0) is 22.8 Å². The number of nitrogens with zero attached hydrogens (tertiary/aromatic N) is 2. The first-order valence-electron chi connectivity index (χ1n) is 8.31. The van der Waals surface area contributed by atoms with Gasteiger partial charge in [-0.2, -0.15) is 0 Å². The monoisotopic (exact) mass is 333 g/mol. The van der Waals surface area contributed by atoms with E-state index in [9.17, 15) is 4.79 Å². The third-order valence-electron chi connectivity index (χ3n) is 4.48.